The summed E-state index contributed by atoms with van der Waals surface area (Å²) >= 11 is 0. The highest BCUT2D eigenvalue weighted by Gasteiger charge is 2.28. The molecule has 1 amide bonds. The Morgan fingerprint density at radius 3 is 2.07 bits per heavy atom. The normalized spacial score (nSPS) is 15.4. The molecule has 0 aliphatic heterocycles. The van der Waals surface area contributed by atoms with E-state index < -0.39 is 5.91 Å². The van der Waals surface area contributed by atoms with Crippen molar-refractivity contribution < 1.29 is 9.59 Å². The summed E-state index contributed by atoms with van der Waals surface area (Å²) in [7, 11) is 2.57. The van der Waals surface area contributed by atoms with Gasteiger partial charge in [-0.2, -0.15) is 0 Å². The van der Waals surface area contributed by atoms with Crippen LogP contribution in [-0.4, -0.2) is 11.7 Å². The molecule has 2 rings (SSSR count). The van der Waals surface area contributed by atoms with E-state index in [1.165, 1.54) is 5.56 Å². The van der Waals surface area contributed by atoms with E-state index >= 15 is 0 Å². The SMILES string of the molecule is Cc1cc(NC(=O)/C(=C\N)C(=O)C2=CCCC=C2P)c(C(C)(C)C)cc1C(C)(C)C. The zero-order chi connectivity index (χ0) is 22.9. The molecule has 1 unspecified atom stereocenters. The Hall–Kier alpha value is -2.19. The maximum atomic E-state index is 13.1. The van der Waals surface area contributed by atoms with Gasteiger partial charge in [-0.1, -0.05) is 59.8 Å². The van der Waals surface area contributed by atoms with Crippen molar-refractivity contribution in [1.29, 1.82) is 0 Å². The molecule has 0 saturated carbocycles. The van der Waals surface area contributed by atoms with Gasteiger partial charge in [0.25, 0.3) is 5.91 Å². The van der Waals surface area contributed by atoms with Gasteiger partial charge in [0.2, 0.25) is 0 Å². The molecule has 0 heterocycles. The van der Waals surface area contributed by atoms with Gasteiger partial charge >= 0.3 is 0 Å². The first-order chi connectivity index (χ1) is 13.8. The second-order valence-corrected chi connectivity index (χ2v) is 10.6. The van der Waals surface area contributed by atoms with Gasteiger partial charge in [0, 0.05) is 17.5 Å². The average molecular weight is 427 g/mol. The summed E-state index contributed by atoms with van der Waals surface area (Å²) in [6.45, 7) is 14.9. The van der Waals surface area contributed by atoms with Crippen molar-refractivity contribution >= 4 is 26.6 Å². The minimum absolute atomic E-state index is 0.0140. The smallest absolute Gasteiger partial charge is 0.261 e. The molecule has 0 spiro atoms. The molecule has 5 heteroatoms. The number of nitrogens with one attached hydrogen (secondary N) is 1. The topological polar surface area (TPSA) is 72.2 Å². The number of Topliss-reactive ketones (excluding diaryl/α,β-unsaturated/α-hetero) is 1. The number of amides is 1. The number of rotatable bonds is 4. The summed E-state index contributed by atoms with van der Waals surface area (Å²) in [5, 5.41) is 3.77. The van der Waals surface area contributed by atoms with Crippen LogP contribution in [-0.2, 0) is 20.4 Å². The molecule has 1 aliphatic rings. The number of hydrogen-bond acceptors (Lipinski definition) is 3. The molecule has 162 valence electrons. The van der Waals surface area contributed by atoms with Crippen molar-refractivity contribution in [3.63, 3.8) is 0 Å². The van der Waals surface area contributed by atoms with Crippen molar-refractivity contribution in [3.05, 3.63) is 63.6 Å². The molecule has 3 N–H and O–H groups in total. The van der Waals surface area contributed by atoms with E-state index in [1.54, 1.807) is 0 Å². The molecule has 1 aromatic rings. The maximum absolute atomic E-state index is 13.1. The van der Waals surface area contributed by atoms with Gasteiger partial charge in [-0.3, -0.25) is 9.59 Å². The number of allylic oxidation sites excluding steroid dienone is 4. The molecular formula is C25H35N2O2P. The van der Waals surface area contributed by atoms with Crippen LogP contribution >= 0.6 is 9.24 Å². The van der Waals surface area contributed by atoms with Gasteiger partial charge in [-0.15, -0.1) is 9.24 Å². The third-order valence-electron chi connectivity index (χ3n) is 5.32. The predicted octanol–water partition coefficient (Wildman–Crippen LogP) is 5.42. The zero-order valence-corrected chi connectivity index (χ0v) is 20.4. The van der Waals surface area contributed by atoms with Gasteiger partial charge in [0.1, 0.15) is 5.57 Å². The summed E-state index contributed by atoms with van der Waals surface area (Å²) in [6, 6.07) is 4.17. The number of hydrogen-bond donors (Lipinski definition) is 2. The van der Waals surface area contributed by atoms with Crippen LogP contribution in [0.15, 0.2) is 46.9 Å². The van der Waals surface area contributed by atoms with E-state index in [2.05, 4.69) is 62.2 Å². The van der Waals surface area contributed by atoms with Gasteiger partial charge < -0.3 is 11.1 Å². The zero-order valence-electron chi connectivity index (χ0n) is 19.3. The van der Waals surface area contributed by atoms with E-state index in [-0.39, 0.29) is 22.2 Å². The van der Waals surface area contributed by atoms with Crippen LogP contribution in [0.4, 0.5) is 5.69 Å². The Morgan fingerprint density at radius 1 is 1.00 bits per heavy atom. The number of carbonyl (C=O) groups is 2. The van der Waals surface area contributed by atoms with E-state index in [0.717, 1.165) is 35.5 Å². The molecule has 4 nitrogen and oxygen atoms in total. The second-order valence-electron chi connectivity index (χ2n) is 9.93. The van der Waals surface area contributed by atoms with Gasteiger partial charge in [-0.05, 0) is 58.7 Å². The Morgan fingerprint density at radius 2 is 1.57 bits per heavy atom. The van der Waals surface area contributed by atoms with Crippen LogP contribution < -0.4 is 11.1 Å². The van der Waals surface area contributed by atoms with E-state index in [1.807, 2.05) is 25.1 Å². The van der Waals surface area contributed by atoms with Crippen LogP contribution in [0.1, 0.15) is 71.1 Å². The second kappa shape index (κ2) is 8.89. The molecule has 0 bridgehead atoms. The van der Waals surface area contributed by atoms with E-state index in [0.29, 0.717) is 11.3 Å². The fraction of sp³-hybridized carbons (Fsp3) is 0.440. The van der Waals surface area contributed by atoms with Crippen molar-refractivity contribution in [2.45, 2.75) is 72.1 Å². The minimum atomic E-state index is -0.486. The third-order valence-corrected chi connectivity index (χ3v) is 5.87. The summed E-state index contributed by atoms with van der Waals surface area (Å²) in [6.07, 6.45) is 6.62. The first-order valence-corrected chi connectivity index (χ1v) is 10.9. The first-order valence-electron chi connectivity index (χ1n) is 10.4. The number of benzene rings is 1. The van der Waals surface area contributed by atoms with Gasteiger partial charge in [-0.25, -0.2) is 0 Å². The summed E-state index contributed by atoms with van der Waals surface area (Å²) in [4.78, 5) is 26.0. The lowest BCUT2D eigenvalue weighted by molar-refractivity contribution is -0.118. The van der Waals surface area contributed by atoms with Crippen molar-refractivity contribution in [2.75, 3.05) is 5.32 Å². The largest absolute Gasteiger partial charge is 0.404 e. The molecular weight excluding hydrogens is 391 g/mol. The van der Waals surface area contributed by atoms with Crippen LogP contribution in [0.25, 0.3) is 0 Å². The highest BCUT2D eigenvalue weighted by atomic mass is 31.0. The average Bonchev–Trinajstić information content (AvgIpc) is 2.60. The molecule has 0 fully saturated rings. The van der Waals surface area contributed by atoms with Crippen molar-refractivity contribution in [1.82, 2.24) is 0 Å². The fourth-order valence-electron chi connectivity index (χ4n) is 3.75. The maximum Gasteiger partial charge on any atom is 0.261 e. The first kappa shape index (κ1) is 24.1. The van der Waals surface area contributed by atoms with Crippen LogP contribution in [0, 0.1) is 6.92 Å². The Bertz CT molecular complexity index is 955. The number of nitrogens with two attached hydrogens (primary N) is 1. The molecule has 1 atom stereocenters. The highest BCUT2D eigenvalue weighted by Crippen LogP contribution is 2.37. The quantitative estimate of drug-likeness (QED) is 0.292. The standard InChI is InChI=1S/C25H35N2O2P/c1-15-12-20(19(25(5,6)7)13-18(15)24(2,3)4)27-23(29)17(14-26)22(28)16-10-8-9-11-21(16)30/h10-14H,8-9,26,30H2,1-7H3,(H,27,29)/b17-14-. The fourth-order valence-corrected chi connectivity index (χ4v) is 4.16. The van der Waals surface area contributed by atoms with E-state index in [9.17, 15) is 9.59 Å². The van der Waals surface area contributed by atoms with Gasteiger partial charge in [0.05, 0.1) is 0 Å². The summed E-state index contributed by atoms with van der Waals surface area (Å²) in [5.41, 5.74) is 10.1. The van der Waals surface area contributed by atoms with E-state index in [4.69, 9.17) is 5.73 Å². The Kier molecular flexibility index (Phi) is 7.14. The van der Waals surface area contributed by atoms with Crippen LogP contribution in [0.3, 0.4) is 0 Å². The molecule has 0 saturated heterocycles. The number of anilines is 1. The summed E-state index contributed by atoms with van der Waals surface area (Å²) in [5.74, 6) is -0.837. The molecule has 1 aliphatic carbocycles. The van der Waals surface area contributed by atoms with Crippen LogP contribution in [0.2, 0.25) is 0 Å². The number of ketones is 1. The molecule has 30 heavy (non-hydrogen) atoms. The lowest BCUT2D eigenvalue weighted by atomic mass is 9.78. The monoisotopic (exact) mass is 426 g/mol. The molecule has 0 aromatic heterocycles. The lowest BCUT2D eigenvalue weighted by Crippen LogP contribution is -2.26. The number of aryl methyl sites for hydroxylation is 1. The Labute approximate surface area is 183 Å². The van der Waals surface area contributed by atoms with Gasteiger partial charge in [0.15, 0.2) is 5.78 Å². The Balaban J connectivity index is 2.44. The summed E-state index contributed by atoms with van der Waals surface area (Å²) < 4.78 is 0. The molecule has 0 radical (unpaired) electrons. The van der Waals surface area contributed by atoms with Crippen LogP contribution in [0.5, 0.6) is 0 Å². The van der Waals surface area contributed by atoms with Crippen molar-refractivity contribution in [3.8, 4) is 0 Å². The molecule has 1 aromatic carbocycles. The highest BCUT2D eigenvalue weighted by molar-refractivity contribution is 7.23. The van der Waals surface area contributed by atoms with Crippen molar-refractivity contribution in [2.24, 2.45) is 5.73 Å². The minimum Gasteiger partial charge on any atom is -0.404 e. The third kappa shape index (κ3) is 5.29. The number of carbonyl (C=O) groups excluding carboxylic acids is 2. The lowest BCUT2D eigenvalue weighted by Gasteiger charge is -2.29. The predicted molar refractivity (Wildman–Crippen MR) is 130 cm³/mol.